The van der Waals surface area contributed by atoms with Crippen LogP contribution >= 0.6 is 35.1 Å². The maximum Gasteiger partial charge on any atom is 0.417 e. The third-order valence-corrected chi connectivity index (χ3v) is 5.57. The number of alkyl halides is 3. The van der Waals surface area contributed by atoms with Crippen LogP contribution in [0.1, 0.15) is 35.3 Å². The molecule has 4 nitrogen and oxygen atoms in total. The van der Waals surface area contributed by atoms with Crippen LogP contribution in [0.2, 0.25) is 10.0 Å². The van der Waals surface area contributed by atoms with Gasteiger partial charge in [0.05, 0.1) is 21.3 Å². The van der Waals surface area contributed by atoms with Gasteiger partial charge in [0.25, 0.3) is 5.91 Å². The molecule has 3 rings (SSSR count). The van der Waals surface area contributed by atoms with Crippen LogP contribution in [-0.4, -0.2) is 28.9 Å². The molecule has 0 atom stereocenters. The summed E-state index contributed by atoms with van der Waals surface area (Å²) in [6.45, 7) is 1.31. The third kappa shape index (κ3) is 6.21. The average Bonchev–Trinajstić information content (AvgIpc) is 2.74. The molecule has 0 unspecified atom stereocenters. The van der Waals surface area contributed by atoms with Gasteiger partial charge in [0.2, 0.25) is 0 Å². The summed E-state index contributed by atoms with van der Waals surface area (Å²) in [4.78, 5) is 18.9. The van der Waals surface area contributed by atoms with E-state index in [2.05, 4.69) is 22.6 Å². The van der Waals surface area contributed by atoms with E-state index >= 15 is 0 Å². The fraction of sp³-hybridized carbons (Fsp3) is 0.300. The lowest BCUT2D eigenvalue weighted by molar-refractivity contribution is -0.137. The Morgan fingerprint density at radius 3 is 2.43 bits per heavy atom. The van der Waals surface area contributed by atoms with Gasteiger partial charge in [-0.05, 0) is 55.5 Å². The molecule has 1 aromatic carbocycles. The zero-order valence-electron chi connectivity index (χ0n) is 15.7. The van der Waals surface area contributed by atoms with Gasteiger partial charge in [-0.2, -0.15) is 13.2 Å². The number of anilines is 1. The number of hydrogen-bond donors (Lipinski definition) is 1. The number of carbonyl (C=O) groups is 1. The molecule has 0 aliphatic carbocycles. The van der Waals surface area contributed by atoms with Crippen molar-refractivity contribution in [2.24, 2.45) is 0 Å². The number of halogens is 5. The summed E-state index contributed by atoms with van der Waals surface area (Å²) in [5, 5.41) is -0.0624. The fourth-order valence-electron chi connectivity index (χ4n) is 2.83. The summed E-state index contributed by atoms with van der Waals surface area (Å²) in [5.74, 6) is -0.230. The largest absolute Gasteiger partial charge is 0.417 e. The number of pyridine rings is 1. The van der Waals surface area contributed by atoms with Gasteiger partial charge < -0.3 is 9.62 Å². The van der Waals surface area contributed by atoms with E-state index in [0.29, 0.717) is 23.8 Å². The summed E-state index contributed by atoms with van der Waals surface area (Å²) in [5.41, 5.74) is -0.393. The molecule has 1 aliphatic heterocycles. The molecule has 10 heteroatoms. The number of nitrogens with one attached hydrogen (secondary N) is 1. The van der Waals surface area contributed by atoms with E-state index in [0.717, 1.165) is 37.3 Å². The second-order valence-electron chi connectivity index (χ2n) is 6.25. The highest BCUT2D eigenvalue weighted by atomic mass is 35.5. The minimum absolute atomic E-state index is 0.184. The van der Waals surface area contributed by atoms with Gasteiger partial charge >= 0.3 is 6.18 Å². The summed E-state index contributed by atoms with van der Waals surface area (Å²) in [7, 11) is 0. The smallest absolute Gasteiger partial charge is 0.337 e. The number of hydrogen-bond acceptors (Lipinski definition) is 4. The van der Waals surface area contributed by atoms with Crippen molar-refractivity contribution in [2.45, 2.75) is 30.3 Å². The topological polar surface area (TPSA) is 45.2 Å². The van der Waals surface area contributed by atoms with Crippen LogP contribution in [0.15, 0.2) is 35.4 Å². The first-order valence-electron chi connectivity index (χ1n) is 8.83. The summed E-state index contributed by atoms with van der Waals surface area (Å²) < 4.78 is 42.0. The number of nitrogens with zero attached hydrogens (tertiary/aromatic N) is 2. The molecule has 1 aromatic heterocycles. The number of carbonyl (C=O) groups excluding carboxylic acids is 1. The van der Waals surface area contributed by atoms with Crippen molar-refractivity contribution < 1.29 is 18.0 Å². The van der Waals surface area contributed by atoms with Gasteiger partial charge in [-0.25, -0.2) is 4.98 Å². The Morgan fingerprint density at radius 2 is 1.80 bits per heavy atom. The van der Waals surface area contributed by atoms with Crippen LogP contribution in [0.3, 0.4) is 0 Å². The van der Waals surface area contributed by atoms with E-state index in [1.165, 1.54) is 24.4 Å². The highest BCUT2D eigenvalue weighted by Crippen LogP contribution is 2.37. The first-order chi connectivity index (χ1) is 14.3. The molecule has 1 saturated heterocycles. The molecule has 2 heterocycles. The molecule has 1 fully saturated rings. The SMILES string of the molecule is C#C.O=C(c1ncc(Cl)cc1NSc1ccc(Cl)c(C(F)(F)F)c1)N1CCCCC1. The molecule has 0 saturated carbocycles. The van der Waals surface area contributed by atoms with Gasteiger partial charge in [-0.15, -0.1) is 12.8 Å². The lowest BCUT2D eigenvalue weighted by Crippen LogP contribution is -2.36. The monoisotopic (exact) mass is 475 g/mol. The van der Waals surface area contributed by atoms with Crippen molar-refractivity contribution in [3.63, 3.8) is 0 Å². The van der Waals surface area contributed by atoms with Crippen LogP contribution in [0.5, 0.6) is 0 Å². The molecule has 0 radical (unpaired) electrons. The van der Waals surface area contributed by atoms with E-state index in [1.54, 1.807) is 4.90 Å². The van der Waals surface area contributed by atoms with Crippen molar-refractivity contribution in [1.82, 2.24) is 9.88 Å². The summed E-state index contributed by atoms with van der Waals surface area (Å²) in [6.07, 6.45) is 7.76. The molecule has 2 aromatic rings. The Labute approximate surface area is 187 Å². The fourth-order valence-corrected chi connectivity index (χ4v) is 3.91. The number of terminal acetylenes is 1. The predicted octanol–water partition coefficient (Wildman–Crippen LogP) is 6.40. The Balaban J connectivity index is 0.00000155. The zero-order valence-corrected chi connectivity index (χ0v) is 18.0. The molecular formula is C20H18Cl2F3N3OS. The molecule has 30 heavy (non-hydrogen) atoms. The zero-order chi connectivity index (χ0) is 22.3. The minimum Gasteiger partial charge on any atom is -0.337 e. The summed E-state index contributed by atoms with van der Waals surface area (Å²) >= 11 is 12.6. The summed E-state index contributed by atoms with van der Waals surface area (Å²) in [6, 6.07) is 5.12. The lowest BCUT2D eigenvalue weighted by Gasteiger charge is -2.27. The standard InChI is InChI=1S/C18H16Cl2F3N3OS.C2H2/c19-11-8-15(16(24-10-11)17(27)26-6-2-1-3-7-26)25-28-12-4-5-14(20)13(9-12)18(21,22)23;1-2/h4-5,8-10,25H,1-3,6-7H2;1-2H. The molecule has 1 amide bonds. The van der Waals surface area contributed by atoms with Crippen molar-refractivity contribution in [3.8, 4) is 12.8 Å². The Bertz CT molecular complexity index is 916. The van der Waals surface area contributed by atoms with Gasteiger partial charge in [0, 0.05) is 24.2 Å². The number of aromatic nitrogens is 1. The molecule has 160 valence electrons. The minimum atomic E-state index is -4.55. The van der Waals surface area contributed by atoms with Gasteiger partial charge in [0.1, 0.15) is 0 Å². The first kappa shape index (κ1) is 24.2. The highest BCUT2D eigenvalue weighted by molar-refractivity contribution is 8.00. The Kier molecular flexibility index (Phi) is 8.71. The number of piperidine rings is 1. The van der Waals surface area contributed by atoms with E-state index in [9.17, 15) is 18.0 Å². The molecular weight excluding hydrogens is 458 g/mol. The average molecular weight is 476 g/mol. The number of benzene rings is 1. The maximum absolute atomic E-state index is 13.0. The van der Waals surface area contributed by atoms with Crippen molar-refractivity contribution in [2.75, 3.05) is 17.8 Å². The predicted molar refractivity (Wildman–Crippen MR) is 115 cm³/mol. The van der Waals surface area contributed by atoms with E-state index in [4.69, 9.17) is 23.2 Å². The quantitative estimate of drug-likeness (QED) is 0.410. The molecule has 0 spiro atoms. The molecule has 1 aliphatic rings. The Hall–Kier alpha value is -2.08. The second kappa shape index (κ2) is 10.8. The second-order valence-corrected chi connectivity index (χ2v) is 7.97. The first-order valence-corrected chi connectivity index (χ1v) is 10.4. The van der Waals surface area contributed by atoms with Gasteiger partial charge in [-0.3, -0.25) is 4.79 Å². The molecule has 1 N–H and O–H groups in total. The Morgan fingerprint density at radius 1 is 1.13 bits per heavy atom. The lowest BCUT2D eigenvalue weighted by atomic mass is 10.1. The number of likely N-dealkylation sites (tertiary alicyclic amines) is 1. The van der Waals surface area contributed by atoms with Crippen molar-refractivity contribution in [1.29, 1.82) is 0 Å². The van der Waals surface area contributed by atoms with E-state index in [1.807, 2.05) is 0 Å². The van der Waals surface area contributed by atoms with Crippen molar-refractivity contribution in [3.05, 3.63) is 51.8 Å². The van der Waals surface area contributed by atoms with E-state index < -0.39 is 11.7 Å². The third-order valence-electron chi connectivity index (χ3n) is 4.22. The van der Waals surface area contributed by atoms with Gasteiger partial charge in [-0.1, -0.05) is 23.2 Å². The maximum atomic E-state index is 13.0. The molecule has 0 bridgehead atoms. The van der Waals surface area contributed by atoms with Crippen LogP contribution in [0, 0.1) is 12.8 Å². The number of amides is 1. The highest BCUT2D eigenvalue weighted by Gasteiger charge is 2.33. The van der Waals surface area contributed by atoms with Crippen LogP contribution in [0.4, 0.5) is 18.9 Å². The normalized spacial score (nSPS) is 13.9. The van der Waals surface area contributed by atoms with Crippen LogP contribution < -0.4 is 4.72 Å². The number of rotatable bonds is 4. The van der Waals surface area contributed by atoms with Crippen LogP contribution in [0.25, 0.3) is 0 Å². The van der Waals surface area contributed by atoms with Crippen molar-refractivity contribution >= 4 is 46.7 Å². The van der Waals surface area contributed by atoms with Gasteiger partial charge in [0.15, 0.2) is 5.69 Å². The van der Waals surface area contributed by atoms with E-state index in [-0.39, 0.29) is 21.5 Å². The van der Waals surface area contributed by atoms with Crippen LogP contribution in [-0.2, 0) is 6.18 Å².